The number of hydrazine groups is 1. The van der Waals surface area contributed by atoms with Crippen molar-refractivity contribution in [3.8, 4) is 0 Å². The maximum Gasteiger partial charge on any atom is 0.241 e. The van der Waals surface area contributed by atoms with E-state index in [0.29, 0.717) is 32.2 Å². The van der Waals surface area contributed by atoms with Crippen molar-refractivity contribution in [1.82, 2.24) is 20.1 Å². The Bertz CT molecular complexity index is 702. The van der Waals surface area contributed by atoms with E-state index in [9.17, 15) is 13.2 Å². The molecule has 2 heterocycles. The molecule has 0 spiro atoms. The van der Waals surface area contributed by atoms with E-state index in [-0.39, 0.29) is 17.7 Å². The molecule has 2 unspecified atom stereocenters. The zero-order chi connectivity index (χ0) is 18.6. The van der Waals surface area contributed by atoms with E-state index >= 15 is 0 Å². The topological polar surface area (TPSA) is 81.8 Å². The van der Waals surface area contributed by atoms with Gasteiger partial charge in [-0.05, 0) is 18.4 Å². The van der Waals surface area contributed by atoms with Crippen LogP contribution in [0.3, 0.4) is 0 Å². The van der Waals surface area contributed by atoms with Crippen molar-refractivity contribution in [2.45, 2.75) is 44.0 Å². The Hall–Kier alpha value is -1.48. The van der Waals surface area contributed by atoms with E-state index in [1.165, 1.54) is 4.31 Å². The fraction of sp³-hybridized carbons (Fsp3) is 0.611. The minimum absolute atomic E-state index is 0.00852. The number of nitrogens with one attached hydrogen (secondary N) is 2. The second-order valence-corrected chi connectivity index (χ2v) is 9.00. The maximum absolute atomic E-state index is 12.7. The summed E-state index contributed by atoms with van der Waals surface area (Å²) in [7, 11) is -3.35. The second kappa shape index (κ2) is 8.47. The molecule has 2 atom stereocenters. The Labute approximate surface area is 155 Å². The molecule has 2 saturated heterocycles. The molecule has 0 bridgehead atoms. The van der Waals surface area contributed by atoms with Gasteiger partial charge in [-0.25, -0.2) is 13.8 Å². The van der Waals surface area contributed by atoms with E-state index in [2.05, 4.69) is 17.8 Å². The minimum atomic E-state index is -3.35. The highest BCUT2D eigenvalue weighted by atomic mass is 32.2. The van der Waals surface area contributed by atoms with Crippen molar-refractivity contribution in [2.75, 3.05) is 26.2 Å². The van der Waals surface area contributed by atoms with Crippen LogP contribution in [0.4, 0.5) is 0 Å². The van der Waals surface area contributed by atoms with Crippen molar-refractivity contribution in [3.05, 3.63) is 35.9 Å². The van der Waals surface area contributed by atoms with Crippen LogP contribution >= 0.6 is 0 Å². The number of hydrogen-bond donors (Lipinski definition) is 2. The standard InChI is InChI=1S/C18H28N4O3S/c1-2-6-16-13-17(20-19-16)18(23)21-9-11-22(12-10-21)26(24,25)14-15-7-4-3-5-8-15/h3-5,7-8,16-17,19-20H,2,6,9-14H2,1H3. The zero-order valence-corrected chi connectivity index (χ0v) is 16.0. The van der Waals surface area contributed by atoms with Crippen LogP contribution in [0.1, 0.15) is 31.7 Å². The third kappa shape index (κ3) is 4.62. The van der Waals surface area contributed by atoms with Gasteiger partial charge >= 0.3 is 0 Å². The summed E-state index contributed by atoms with van der Waals surface area (Å²) in [5, 5.41) is 0. The van der Waals surface area contributed by atoms with Crippen molar-refractivity contribution in [3.63, 3.8) is 0 Å². The summed E-state index contributed by atoms with van der Waals surface area (Å²) in [6, 6.07) is 9.33. The summed E-state index contributed by atoms with van der Waals surface area (Å²) in [6.45, 7) is 3.75. The number of sulfonamides is 1. The SMILES string of the molecule is CCCC1CC(C(=O)N2CCN(S(=O)(=O)Cc3ccccc3)CC2)NN1. The molecule has 7 nitrogen and oxygen atoms in total. The monoisotopic (exact) mass is 380 g/mol. The minimum Gasteiger partial charge on any atom is -0.339 e. The lowest BCUT2D eigenvalue weighted by molar-refractivity contribution is -0.134. The lowest BCUT2D eigenvalue weighted by Gasteiger charge is -2.35. The number of amides is 1. The molecule has 8 heteroatoms. The van der Waals surface area contributed by atoms with Crippen LogP contribution in [0, 0.1) is 0 Å². The molecule has 1 aromatic carbocycles. The van der Waals surface area contributed by atoms with Gasteiger partial charge in [0.1, 0.15) is 6.04 Å². The third-order valence-corrected chi connectivity index (χ3v) is 6.90. The van der Waals surface area contributed by atoms with Gasteiger partial charge < -0.3 is 4.90 Å². The number of rotatable bonds is 6. The first-order chi connectivity index (χ1) is 12.5. The lowest BCUT2D eigenvalue weighted by atomic mass is 10.1. The number of carbonyl (C=O) groups excluding carboxylic acids is 1. The predicted molar refractivity (Wildman–Crippen MR) is 101 cm³/mol. The van der Waals surface area contributed by atoms with Crippen LogP contribution in [0.25, 0.3) is 0 Å². The molecule has 3 rings (SSSR count). The van der Waals surface area contributed by atoms with Crippen LogP contribution in [0.5, 0.6) is 0 Å². The molecular formula is C18H28N4O3S. The average molecular weight is 381 g/mol. The van der Waals surface area contributed by atoms with E-state index in [1.807, 2.05) is 30.3 Å². The number of nitrogens with zero attached hydrogens (tertiary/aromatic N) is 2. The van der Waals surface area contributed by atoms with Gasteiger partial charge in [0, 0.05) is 32.2 Å². The molecule has 2 aliphatic heterocycles. The van der Waals surface area contributed by atoms with Crippen LogP contribution in [0.15, 0.2) is 30.3 Å². The molecule has 144 valence electrons. The first-order valence-electron chi connectivity index (χ1n) is 9.31. The Morgan fingerprint density at radius 3 is 2.46 bits per heavy atom. The van der Waals surface area contributed by atoms with Crippen LogP contribution in [0.2, 0.25) is 0 Å². The first kappa shape index (κ1) is 19.3. The molecule has 0 aliphatic carbocycles. The van der Waals surface area contributed by atoms with Crippen LogP contribution in [-0.2, 0) is 20.6 Å². The molecule has 0 saturated carbocycles. The molecular weight excluding hydrogens is 352 g/mol. The fourth-order valence-electron chi connectivity index (χ4n) is 3.61. The van der Waals surface area contributed by atoms with Gasteiger partial charge in [-0.2, -0.15) is 4.31 Å². The smallest absolute Gasteiger partial charge is 0.241 e. The molecule has 0 radical (unpaired) electrons. The normalized spacial score (nSPS) is 24.7. The number of hydrogen-bond acceptors (Lipinski definition) is 5. The average Bonchev–Trinajstić information content (AvgIpc) is 3.11. The van der Waals surface area contributed by atoms with Crippen LogP contribution in [-0.4, -0.2) is 61.8 Å². The Balaban J connectivity index is 1.51. The summed E-state index contributed by atoms with van der Waals surface area (Å²) >= 11 is 0. The Morgan fingerprint density at radius 1 is 1.12 bits per heavy atom. The van der Waals surface area contributed by atoms with Gasteiger partial charge in [0.15, 0.2) is 0 Å². The van der Waals surface area contributed by atoms with E-state index in [0.717, 1.165) is 24.8 Å². The third-order valence-electron chi connectivity index (χ3n) is 5.05. The van der Waals surface area contributed by atoms with E-state index in [4.69, 9.17) is 0 Å². The molecule has 0 aromatic heterocycles. The summed E-state index contributed by atoms with van der Waals surface area (Å²) in [6.07, 6.45) is 2.92. The summed E-state index contributed by atoms with van der Waals surface area (Å²) in [4.78, 5) is 14.4. The van der Waals surface area contributed by atoms with Gasteiger partial charge in [0.25, 0.3) is 0 Å². The largest absolute Gasteiger partial charge is 0.339 e. The highest BCUT2D eigenvalue weighted by Gasteiger charge is 2.35. The maximum atomic E-state index is 12.7. The van der Waals surface area contributed by atoms with Crippen molar-refractivity contribution in [1.29, 1.82) is 0 Å². The van der Waals surface area contributed by atoms with E-state index in [1.54, 1.807) is 4.90 Å². The van der Waals surface area contributed by atoms with Crippen molar-refractivity contribution < 1.29 is 13.2 Å². The fourth-order valence-corrected chi connectivity index (χ4v) is 5.12. The molecule has 2 aliphatic rings. The van der Waals surface area contributed by atoms with Gasteiger partial charge in [-0.3, -0.25) is 10.2 Å². The number of benzene rings is 1. The zero-order valence-electron chi connectivity index (χ0n) is 15.2. The molecule has 26 heavy (non-hydrogen) atoms. The van der Waals surface area contributed by atoms with Crippen LogP contribution < -0.4 is 10.9 Å². The number of carbonyl (C=O) groups is 1. The highest BCUT2D eigenvalue weighted by molar-refractivity contribution is 7.88. The van der Waals surface area contributed by atoms with Crippen molar-refractivity contribution in [2.24, 2.45) is 0 Å². The van der Waals surface area contributed by atoms with Gasteiger partial charge in [-0.15, -0.1) is 0 Å². The lowest BCUT2D eigenvalue weighted by Crippen LogP contribution is -2.54. The quantitative estimate of drug-likeness (QED) is 0.759. The molecule has 1 aromatic rings. The highest BCUT2D eigenvalue weighted by Crippen LogP contribution is 2.17. The van der Waals surface area contributed by atoms with Gasteiger partial charge in [-0.1, -0.05) is 43.7 Å². The first-order valence-corrected chi connectivity index (χ1v) is 10.9. The Kier molecular flexibility index (Phi) is 6.29. The molecule has 2 fully saturated rings. The van der Waals surface area contributed by atoms with Crippen molar-refractivity contribution >= 4 is 15.9 Å². The van der Waals surface area contributed by atoms with Gasteiger partial charge in [0.05, 0.1) is 5.75 Å². The summed E-state index contributed by atoms with van der Waals surface area (Å²) in [5.74, 6) is 0.0745. The van der Waals surface area contributed by atoms with Gasteiger partial charge in [0.2, 0.25) is 15.9 Å². The predicted octanol–water partition coefficient (Wildman–Crippen LogP) is 0.696. The second-order valence-electron chi connectivity index (χ2n) is 7.03. The Morgan fingerprint density at radius 2 is 1.81 bits per heavy atom. The summed E-state index contributed by atoms with van der Waals surface area (Å²) < 4.78 is 26.7. The number of piperazine rings is 1. The molecule has 1 amide bonds. The van der Waals surface area contributed by atoms with E-state index < -0.39 is 10.0 Å². The molecule has 2 N–H and O–H groups in total. The summed E-state index contributed by atoms with van der Waals surface area (Å²) in [5.41, 5.74) is 7.06.